The van der Waals surface area contributed by atoms with Crippen molar-refractivity contribution in [2.45, 2.75) is 32.4 Å². The molecule has 0 heterocycles. The normalized spacial score (nSPS) is 11.8. The van der Waals surface area contributed by atoms with Crippen LogP contribution in [0.4, 0.5) is 5.69 Å². The lowest BCUT2D eigenvalue weighted by molar-refractivity contribution is -0.384. The molecule has 0 bridgehead atoms. The first-order valence-electron chi connectivity index (χ1n) is 5.68. The quantitative estimate of drug-likeness (QED) is 0.489. The summed E-state index contributed by atoms with van der Waals surface area (Å²) in [7, 11) is 0. The highest BCUT2D eigenvalue weighted by Gasteiger charge is 2.13. The Morgan fingerprint density at radius 1 is 1.61 bits per heavy atom. The molecule has 1 rings (SSSR count). The van der Waals surface area contributed by atoms with E-state index in [1.165, 1.54) is 6.07 Å². The maximum atomic E-state index is 10.7. The van der Waals surface area contributed by atoms with Gasteiger partial charge in [0, 0.05) is 25.1 Å². The molecule has 1 N–H and O–H groups in total. The van der Waals surface area contributed by atoms with E-state index in [4.69, 9.17) is 18.0 Å². The van der Waals surface area contributed by atoms with Crippen molar-refractivity contribution in [1.29, 1.82) is 0 Å². The predicted molar refractivity (Wildman–Crippen MR) is 72.5 cm³/mol. The van der Waals surface area contributed by atoms with Crippen LogP contribution in [0.3, 0.4) is 0 Å². The molecule has 5 heteroatoms. The van der Waals surface area contributed by atoms with Gasteiger partial charge in [-0.1, -0.05) is 24.6 Å². The second-order valence-electron chi connectivity index (χ2n) is 3.94. The van der Waals surface area contributed by atoms with Gasteiger partial charge in [0.1, 0.15) is 5.02 Å². The van der Waals surface area contributed by atoms with Crippen LogP contribution in [0.15, 0.2) is 18.2 Å². The second-order valence-corrected chi connectivity index (χ2v) is 4.34. The highest BCUT2D eigenvalue weighted by Crippen LogP contribution is 2.25. The summed E-state index contributed by atoms with van der Waals surface area (Å²) in [4.78, 5) is 10.3. The highest BCUT2D eigenvalue weighted by molar-refractivity contribution is 6.32. The van der Waals surface area contributed by atoms with Crippen LogP contribution in [0, 0.1) is 22.5 Å². The van der Waals surface area contributed by atoms with Gasteiger partial charge in [-0.2, -0.15) is 0 Å². The van der Waals surface area contributed by atoms with Gasteiger partial charge < -0.3 is 5.32 Å². The van der Waals surface area contributed by atoms with E-state index < -0.39 is 4.92 Å². The second kappa shape index (κ2) is 7.00. The summed E-state index contributed by atoms with van der Waals surface area (Å²) in [5.41, 5.74) is 0.752. The van der Waals surface area contributed by atoms with Gasteiger partial charge in [-0.3, -0.25) is 10.1 Å². The van der Waals surface area contributed by atoms with Gasteiger partial charge in [0.25, 0.3) is 5.69 Å². The Kier molecular flexibility index (Phi) is 5.63. The van der Waals surface area contributed by atoms with E-state index in [1.54, 1.807) is 12.1 Å². The number of nitro benzene ring substituents is 1. The average Bonchev–Trinajstić information content (AvgIpc) is 2.35. The zero-order chi connectivity index (χ0) is 13.5. The van der Waals surface area contributed by atoms with E-state index in [0.29, 0.717) is 13.0 Å². The van der Waals surface area contributed by atoms with Gasteiger partial charge in [-0.25, -0.2) is 0 Å². The number of nitrogens with one attached hydrogen (secondary N) is 1. The largest absolute Gasteiger partial charge is 0.309 e. The maximum absolute atomic E-state index is 10.7. The van der Waals surface area contributed by atoms with Gasteiger partial charge in [0.15, 0.2) is 0 Å². The van der Waals surface area contributed by atoms with Gasteiger partial charge in [-0.05, 0) is 18.1 Å². The number of halogens is 1. The minimum Gasteiger partial charge on any atom is -0.309 e. The van der Waals surface area contributed by atoms with Crippen molar-refractivity contribution in [2.75, 3.05) is 0 Å². The molecule has 1 atom stereocenters. The number of nitrogens with zero attached hydrogens (tertiary/aromatic N) is 1. The number of benzene rings is 1. The minimum atomic E-state index is -0.482. The Hall–Kier alpha value is -1.57. The molecule has 0 spiro atoms. The van der Waals surface area contributed by atoms with E-state index in [-0.39, 0.29) is 16.8 Å². The molecule has 96 valence electrons. The topological polar surface area (TPSA) is 55.2 Å². The minimum absolute atomic E-state index is 0.0686. The molecule has 1 unspecified atom stereocenters. The Labute approximate surface area is 111 Å². The standard InChI is InChI=1S/C13H15ClN2O2/c1-3-5-11(4-2)15-9-10-6-7-12(14)13(8-10)16(17)18/h1,6-8,11,15H,4-5,9H2,2H3. The Balaban J connectivity index is 2.71. The van der Waals surface area contributed by atoms with Crippen molar-refractivity contribution >= 4 is 17.3 Å². The molecule has 0 saturated carbocycles. The Morgan fingerprint density at radius 3 is 2.89 bits per heavy atom. The highest BCUT2D eigenvalue weighted by atomic mass is 35.5. The number of hydrogen-bond donors (Lipinski definition) is 1. The fourth-order valence-electron chi connectivity index (χ4n) is 1.57. The van der Waals surface area contributed by atoms with Gasteiger partial charge in [0.05, 0.1) is 4.92 Å². The van der Waals surface area contributed by atoms with Crippen molar-refractivity contribution in [2.24, 2.45) is 0 Å². The summed E-state index contributed by atoms with van der Waals surface area (Å²) in [6.45, 7) is 2.58. The SMILES string of the molecule is C#CCC(CC)NCc1ccc(Cl)c([N+](=O)[O-])c1. The Bertz CT molecular complexity index is 469. The Morgan fingerprint density at radius 2 is 2.33 bits per heavy atom. The van der Waals surface area contributed by atoms with E-state index in [9.17, 15) is 10.1 Å². The summed E-state index contributed by atoms with van der Waals surface area (Å²) in [6.07, 6.45) is 6.82. The van der Waals surface area contributed by atoms with E-state index in [0.717, 1.165) is 12.0 Å². The van der Waals surface area contributed by atoms with Crippen molar-refractivity contribution in [3.05, 3.63) is 38.9 Å². The van der Waals surface area contributed by atoms with E-state index >= 15 is 0 Å². The number of nitro groups is 1. The van der Waals surface area contributed by atoms with Crippen LogP contribution in [0.2, 0.25) is 5.02 Å². The predicted octanol–water partition coefficient (Wildman–Crippen LogP) is 3.14. The van der Waals surface area contributed by atoms with Crippen LogP contribution in [0.5, 0.6) is 0 Å². The molecular formula is C13H15ClN2O2. The monoisotopic (exact) mass is 266 g/mol. The van der Waals surface area contributed by atoms with Crippen molar-refractivity contribution in [1.82, 2.24) is 5.32 Å². The molecule has 4 nitrogen and oxygen atoms in total. The smallest absolute Gasteiger partial charge is 0.288 e. The summed E-state index contributed by atoms with van der Waals surface area (Å²) in [6, 6.07) is 5.02. The summed E-state index contributed by atoms with van der Waals surface area (Å²) >= 11 is 5.74. The van der Waals surface area contributed by atoms with Crippen molar-refractivity contribution < 1.29 is 4.92 Å². The first-order valence-corrected chi connectivity index (χ1v) is 6.06. The fourth-order valence-corrected chi connectivity index (χ4v) is 1.76. The van der Waals surface area contributed by atoms with Crippen LogP contribution in [-0.4, -0.2) is 11.0 Å². The van der Waals surface area contributed by atoms with Crippen molar-refractivity contribution in [3.8, 4) is 12.3 Å². The molecule has 0 amide bonds. The molecule has 0 radical (unpaired) electrons. The molecule has 0 saturated heterocycles. The van der Waals surface area contributed by atoms with Crippen molar-refractivity contribution in [3.63, 3.8) is 0 Å². The van der Waals surface area contributed by atoms with E-state index in [2.05, 4.69) is 11.2 Å². The van der Waals surface area contributed by atoms with Crippen LogP contribution >= 0.6 is 11.6 Å². The van der Waals surface area contributed by atoms with E-state index in [1.807, 2.05) is 6.92 Å². The third-order valence-electron chi connectivity index (χ3n) is 2.66. The lowest BCUT2D eigenvalue weighted by Gasteiger charge is -2.14. The zero-order valence-electron chi connectivity index (χ0n) is 10.1. The van der Waals surface area contributed by atoms with Crippen LogP contribution in [-0.2, 0) is 6.54 Å². The van der Waals surface area contributed by atoms with Crippen LogP contribution < -0.4 is 5.32 Å². The molecule has 0 aliphatic carbocycles. The fraction of sp³-hybridized carbons (Fsp3) is 0.385. The zero-order valence-corrected chi connectivity index (χ0v) is 10.9. The average molecular weight is 267 g/mol. The first-order chi connectivity index (χ1) is 8.58. The molecule has 1 aromatic carbocycles. The molecule has 18 heavy (non-hydrogen) atoms. The third-order valence-corrected chi connectivity index (χ3v) is 2.98. The van der Waals surface area contributed by atoms with Gasteiger partial charge in [-0.15, -0.1) is 12.3 Å². The molecule has 1 aromatic rings. The maximum Gasteiger partial charge on any atom is 0.288 e. The number of rotatable bonds is 6. The first kappa shape index (κ1) is 14.5. The number of terminal acetylenes is 1. The van der Waals surface area contributed by atoms with Crippen LogP contribution in [0.1, 0.15) is 25.3 Å². The summed E-state index contributed by atoms with van der Waals surface area (Å²) < 4.78 is 0. The number of hydrogen-bond acceptors (Lipinski definition) is 3. The van der Waals surface area contributed by atoms with Gasteiger partial charge in [0.2, 0.25) is 0 Å². The molecule has 0 aromatic heterocycles. The molecule has 0 aliphatic heterocycles. The summed E-state index contributed by atoms with van der Waals surface area (Å²) in [5.74, 6) is 2.60. The van der Waals surface area contributed by atoms with Gasteiger partial charge >= 0.3 is 0 Å². The third kappa shape index (κ3) is 4.02. The van der Waals surface area contributed by atoms with Crippen LogP contribution in [0.25, 0.3) is 0 Å². The summed E-state index contributed by atoms with van der Waals surface area (Å²) in [5, 5.41) is 14.2. The lowest BCUT2D eigenvalue weighted by atomic mass is 10.1. The molecule has 0 aliphatic rings. The molecular weight excluding hydrogens is 252 g/mol. The lowest BCUT2D eigenvalue weighted by Crippen LogP contribution is -2.27. The molecule has 0 fully saturated rings.